The average Bonchev–Trinajstić information content (AvgIpc) is 3.03. The van der Waals surface area contributed by atoms with Gasteiger partial charge < -0.3 is 15.3 Å². The number of amides is 2. The van der Waals surface area contributed by atoms with Gasteiger partial charge in [-0.1, -0.05) is 32.0 Å². The van der Waals surface area contributed by atoms with Crippen LogP contribution in [0.25, 0.3) is 0 Å². The van der Waals surface area contributed by atoms with Crippen molar-refractivity contribution in [2.75, 3.05) is 19.7 Å². The number of nitrogens with zero attached hydrogens (tertiary/aromatic N) is 1. The largest absolute Gasteiger partial charge is 0.396 e. The Kier molecular flexibility index (Phi) is 6.27. The molecule has 1 atom stereocenters. The van der Waals surface area contributed by atoms with Crippen LogP contribution in [-0.2, 0) is 0 Å². The molecule has 1 aliphatic rings. The highest BCUT2D eigenvalue weighted by Crippen LogP contribution is 2.34. The smallest absolute Gasteiger partial charge is 0.317 e. The fourth-order valence-corrected chi connectivity index (χ4v) is 3.41. The van der Waals surface area contributed by atoms with Gasteiger partial charge in [0.1, 0.15) is 0 Å². The fourth-order valence-electron chi connectivity index (χ4n) is 3.41. The molecular weight excluding hydrogens is 300 g/mol. The van der Waals surface area contributed by atoms with E-state index in [0.29, 0.717) is 6.54 Å². The number of likely N-dealkylation sites (tertiary alicyclic amines) is 1. The standard InChI is InChI=1S/C20H32N2O2/c1-15-8-5-9-17(16(15)2)18-10-6-13-22(18)19(24)21-12-7-11-20(3,4)14-23/h5,8-9,18,23H,6-7,10-14H2,1-4H3,(H,21,24). The van der Waals surface area contributed by atoms with Crippen LogP contribution in [0.4, 0.5) is 4.79 Å². The Labute approximate surface area is 146 Å². The molecule has 1 aliphatic heterocycles. The normalized spacial score (nSPS) is 18.0. The molecule has 4 nitrogen and oxygen atoms in total. The quantitative estimate of drug-likeness (QED) is 0.775. The molecule has 1 aromatic carbocycles. The summed E-state index contributed by atoms with van der Waals surface area (Å²) in [6.07, 6.45) is 3.89. The van der Waals surface area contributed by atoms with Crippen LogP contribution in [-0.4, -0.2) is 35.7 Å². The lowest BCUT2D eigenvalue weighted by Crippen LogP contribution is -2.40. The lowest BCUT2D eigenvalue weighted by molar-refractivity contribution is 0.147. The van der Waals surface area contributed by atoms with E-state index in [1.807, 2.05) is 18.7 Å². The number of hydrogen-bond acceptors (Lipinski definition) is 2. The zero-order valence-electron chi connectivity index (χ0n) is 15.6. The molecule has 1 aromatic rings. The molecule has 24 heavy (non-hydrogen) atoms. The SMILES string of the molecule is Cc1cccc(C2CCCN2C(=O)NCCCC(C)(C)CO)c1C. The van der Waals surface area contributed by atoms with E-state index < -0.39 is 0 Å². The van der Waals surface area contributed by atoms with Crippen molar-refractivity contribution in [2.24, 2.45) is 5.41 Å². The molecule has 0 radical (unpaired) electrons. The molecule has 2 rings (SSSR count). The number of aryl methyl sites for hydroxylation is 1. The van der Waals surface area contributed by atoms with E-state index in [9.17, 15) is 9.90 Å². The molecule has 1 saturated heterocycles. The molecule has 0 aromatic heterocycles. The van der Waals surface area contributed by atoms with Crippen molar-refractivity contribution >= 4 is 6.03 Å². The van der Waals surface area contributed by atoms with E-state index in [0.717, 1.165) is 32.2 Å². The second kappa shape index (κ2) is 8.02. The third-order valence-electron chi connectivity index (χ3n) is 5.25. The minimum absolute atomic E-state index is 0.0419. The highest BCUT2D eigenvalue weighted by atomic mass is 16.3. The third-order valence-corrected chi connectivity index (χ3v) is 5.25. The van der Waals surface area contributed by atoms with Gasteiger partial charge in [-0.3, -0.25) is 0 Å². The number of hydrogen-bond donors (Lipinski definition) is 2. The number of nitrogens with one attached hydrogen (secondary N) is 1. The summed E-state index contributed by atoms with van der Waals surface area (Å²) in [6.45, 7) is 10.0. The highest BCUT2D eigenvalue weighted by molar-refractivity contribution is 5.75. The summed E-state index contributed by atoms with van der Waals surface area (Å²) in [4.78, 5) is 14.6. The molecule has 1 heterocycles. The Balaban J connectivity index is 1.93. The van der Waals surface area contributed by atoms with Gasteiger partial charge in [0.15, 0.2) is 0 Å². The van der Waals surface area contributed by atoms with Gasteiger partial charge in [0.25, 0.3) is 0 Å². The van der Waals surface area contributed by atoms with Crippen LogP contribution in [0.3, 0.4) is 0 Å². The summed E-state index contributed by atoms with van der Waals surface area (Å²) < 4.78 is 0. The second-order valence-electron chi connectivity index (χ2n) is 7.80. The molecule has 0 bridgehead atoms. The van der Waals surface area contributed by atoms with E-state index >= 15 is 0 Å². The maximum atomic E-state index is 12.6. The number of rotatable bonds is 6. The number of benzene rings is 1. The van der Waals surface area contributed by atoms with Crippen molar-refractivity contribution in [3.8, 4) is 0 Å². The van der Waals surface area contributed by atoms with Crippen LogP contribution in [0.1, 0.15) is 62.3 Å². The van der Waals surface area contributed by atoms with Gasteiger partial charge in [0.05, 0.1) is 6.04 Å². The van der Waals surface area contributed by atoms with Gasteiger partial charge in [-0.15, -0.1) is 0 Å². The first-order chi connectivity index (χ1) is 11.4. The summed E-state index contributed by atoms with van der Waals surface area (Å²) >= 11 is 0. The van der Waals surface area contributed by atoms with E-state index in [-0.39, 0.29) is 24.1 Å². The van der Waals surface area contributed by atoms with Crippen LogP contribution in [0.5, 0.6) is 0 Å². The van der Waals surface area contributed by atoms with Crippen molar-refractivity contribution in [1.82, 2.24) is 10.2 Å². The van der Waals surface area contributed by atoms with Crippen molar-refractivity contribution in [1.29, 1.82) is 0 Å². The molecule has 2 amide bonds. The first-order valence-corrected chi connectivity index (χ1v) is 9.07. The van der Waals surface area contributed by atoms with Crippen molar-refractivity contribution < 1.29 is 9.90 Å². The molecule has 4 heteroatoms. The number of urea groups is 1. The topological polar surface area (TPSA) is 52.6 Å². The lowest BCUT2D eigenvalue weighted by atomic mass is 9.89. The maximum absolute atomic E-state index is 12.6. The molecule has 1 fully saturated rings. The van der Waals surface area contributed by atoms with E-state index in [2.05, 4.69) is 37.4 Å². The zero-order chi connectivity index (χ0) is 17.7. The predicted molar refractivity (Wildman–Crippen MR) is 98.1 cm³/mol. The molecule has 2 N–H and O–H groups in total. The van der Waals surface area contributed by atoms with E-state index in [1.54, 1.807) is 0 Å². The summed E-state index contributed by atoms with van der Waals surface area (Å²) in [5.41, 5.74) is 3.79. The highest BCUT2D eigenvalue weighted by Gasteiger charge is 2.30. The van der Waals surface area contributed by atoms with Crippen molar-refractivity contribution in [2.45, 2.75) is 59.4 Å². The van der Waals surface area contributed by atoms with E-state index in [1.165, 1.54) is 16.7 Å². The molecule has 0 aliphatic carbocycles. The Morgan fingerprint density at radius 3 is 2.83 bits per heavy atom. The molecular formula is C20H32N2O2. The Hall–Kier alpha value is -1.55. The number of aliphatic hydroxyl groups is 1. The zero-order valence-corrected chi connectivity index (χ0v) is 15.6. The predicted octanol–water partition coefficient (Wildman–Crippen LogP) is 3.95. The van der Waals surface area contributed by atoms with E-state index in [4.69, 9.17) is 0 Å². The first kappa shape index (κ1) is 18.8. The molecule has 134 valence electrons. The van der Waals surface area contributed by atoms with Crippen molar-refractivity contribution in [3.63, 3.8) is 0 Å². The summed E-state index contributed by atoms with van der Waals surface area (Å²) in [5.74, 6) is 0. The van der Waals surface area contributed by atoms with Crippen LogP contribution >= 0.6 is 0 Å². The van der Waals surface area contributed by atoms with Gasteiger partial charge in [-0.05, 0) is 61.6 Å². The fraction of sp³-hybridized carbons (Fsp3) is 0.650. The van der Waals surface area contributed by atoms with Crippen LogP contribution in [0.15, 0.2) is 18.2 Å². The summed E-state index contributed by atoms with van der Waals surface area (Å²) in [5, 5.41) is 12.3. The Bertz CT molecular complexity index is 569. The molecule has 0 spiro atoms. The van der Waals surface area contributed by atoms with Crippen LogP contribution in [0, 0.1) is 19.3 Å². The van der Waals surface area contributed by atoms with Gasteiger partial charge in [-0.2, -0.15) is 0 Å². The van der Waals surface area contributed by atoms with Crippen molar-refractivity contribution in [3.05, 3.63) is 34.9 Å². The average molecular weight is 332 g/mol. The van der Waals surface area contributed by atoms with Crippen LogP contribution < -0.4 is 5.32 Å². The molecule has 1 unspecified atom stereocenters. The maximum Gasteiger partial charge on any atom is 0.317 e. The lowest BCUT2D eigenvalue weighted by Gasteiger charge is -2.27. The summed E-state index contributed by atoms with van der Waals surface area (Å²) in [7, 11) is 0. The van der Waals surface area contributed by atoms with Gasteiger partial charge in [-0.25, -0.2) is 4.79 Å². The Morgan fingerprint density at radius 2 is 2.12 bits per heavy atom. The number of aliphatic hydroxyl groups excluding tert-OH is 1. The first-order valence-electron chi connectivity index (χ1n) is 9.07. The van der Waals surface area contributed by atoms with Gasteiger partial charge in [0, 0.05) is 19.7 Å². The van der Waals surface area contributed by atoms with Gasteiger partial charge >= 0.3 is 6.03 Å². The molecule has 0 saturated carbocycles. The monoisotopic (exact) mass is 332 g/mol. The third kappa shape index (κ3) is 4.50. The number of carbonyl (C=O) groups is 1. The van der Waals surface area contributed by atoms with Crippen LogP contribution in [0.2, 0.25) is 0 Å². The van der Waals surface area contributed by atoms with Gasteiger partial charge in [0.2, 0.25) is 0 Å². The second-order valence-corrected chi connectivity index (χ2v) is 7.80. The minimum Gasteiger partial charge on any atom is -0.396 e. The minimum atomic E-state index is -0.0699. The Morgan fingerprint density at radius 1 is 1.38 bits per heavy atom. The summed E-state index contributed by atoms with van der Waals surface area (Å²) in [6, 6.07) is 6.60. The number of carbonyl (C=O) groups excluding carboxylic acids is 1.